The number of benzene rings is 1. The van der Waals surface area contributed by atoms with E-state index in [1.165, 1.54) is 44.5 Å². The molecule has 1 aliphatic rings. The van der Waals surface area contributed by atoms with Crippen molar-refractivity contribution in [2.24, 2.45) is 5.92 Å². The lowest BCUT2D eigenvalue weighted by Gasteiger charge is -2.21. The van der Waals surface area contributed by atoms with E-state index in [1.807, 2.05) is 0 Å². The summed E-state index contributed by atoms with van der Waals surface area (Å²) in [5, 5.41) is 3.77. The van der Waals surface area contributed by atoms with E-state index < -0.39 is 0 Å². The van der Waals surface area contributed by atoms with Crippen molar-refractivity contribution >= 4 is 0 Å². The summed E-state index contributed by atoms with van der Waals surface area (Å²) in [6.45, 7) is 9.17. The zero-order valence-electron chi connectivity index (χ0n) is 12.4. The van der Waals surface area contributed by atoms with E-state index in [4.69, 9.17) is 0 Å². The van der Waals surface area contributed by atoms with Gasteiger partial charge in [-0.3, -0.25) is 0 Å². The third-order valence-corrected chi connectivity index (χ3v) is 4.16. The lowest BCUT2D eigenvalue weighted by molar-refractivity contribution is 0.294. The Morgan fingerprint density at radius 2 is 1.84 bits per heavy atom. The highest BCUT2D eigenvalue weighted by Gasteiger charge is 2.31. The Bertz CT molecular complexity index is 342. The summed E-state index contributed by atoms with van der Waals surface area (Å²) in [7, 11) is 0. The molecule has 1 atom stereocenters. The number of nitrogens with zero attached hydrogens (tertiary/aromatic N) is 1. The zero-order chi connectivity index (χ0) is 13.5. The Labute approximate surface area is 118 Å². The lowest BCUT2D eigenvalue weighted by atomic mass is 10.0. The molecule has 0 aliphatic heterocycles. The van der Waals surface area contributed by atoms with Crippen molar-refractivity contribution < 1.29 is 0 Å². The fraction of sp³-hybridized carbons (Fsp3) is 0.647. The highest BCUT2D eigenvalue weighted by molar-refractivity contribution is 5.21. The molecule has 1 aliphatic carbocycles. The molecule has 1 unspecified atom stereocenters. The van der Waals surface area contributed by atoms with Crippen LogP contribution in [0.2, 0.25) is 0 Å². The van der Waals surface area contributed by atoms with E-state index in [9.17, 15) is 0 Å². The lowest BCUT2D eigenvalue weighted by Crippen LogP contribution is -2.29. The predicted octanol–water partition coefficient (Wildman–Crippen LogP) is 3.46. The number of nitrogens with one attached hydrogen (secondary N) is 1. The SMILES string of the molecule is CCN(CC)CCCNC(c1ccccc1)C1CC1. The largest absolute Gasteiger partial charge is 0.310 e. The van der Waals surface area contributed by atoms with Gasteiger partial charge in [0.05, 0.1) is 0 Å². The molecule has 0 amide bonds. The van der Waals surface area contributed by atoms with Gasteiger partial charge in [-0.25, -0.2) is 0 Å². The van der Waals surface area contributed by atoms with Crippen LogP contribution in [0.5, 0.6) is 0 Å². The third kappa shape index (κ3) is 4.63. The van der Waals surface area contributed by atoms with E-state index in [0.29, 0.717) is 6.04 Å². The minimum atomic E-state index is 0.581. The average Bonchev–Trinajstić information content (AvgIpc) is 3.28. The summed E-state index contributed by atoms with van der Waals surface area (Å²) in [4.78, 5) is 2.50. The van der Waals surface area contributed by atoms with E-state index in [1.54, 1.807) is 0 Å². The first kappa shape index (κ1) is 14.5. The van der Waals surface area contributed by atoms with Crippen molar-refractivity contribution in [3.8, 4) is 0 Å². The molecule has 0 spiro atoms. The molecule has 2 nitrogen and oxygen atoms in total. The number of hydrogen-bond acceptors (Lipinski definition) is 2. The van der Waals surface area contributed by atoms with Crippen molar-refractivity contribution in [3.05, 3.63) is 35.9 Å². The van der Waals surface area contributed by atoms with Crippen LogP contribution >= 0.6 is 0 Å². The van der Waals surface area contributed by atoms with Gasteiger partial charge in [0.15, 0.2) is 0 Å². The molecule has 1 saturated carbocycles. The maximum Gasteiger partial charge on any atom is 0.0348 e. The van der Waals surface area contributed by atoms with Crippen molar-refractivity contribution in [2.75, 3.05) is 26.2 Å². The summed E-state index contributed by atoms with van der Waals surface area (Å²) >= 11 is 0. The molecule has 2 rings (SSSR count). The molecule has 0 heterocycles. The van der Waals surface area contributed by atoms with Crippen LogP contribution in [-0.2, 0) is 0 Å². The standard InChI is InChI=1S/C17H28N2/c1-3-19(4-2)14-8-13-18-17(16-11-12-16)15-9-6-5-7-10-15/h5-7,9-10,16-18H,3-4,8,11-14H2,1-2H3. The fourth-order valence-electron chi connectivity index (χ4n) is 2.75. The van der Waals surface area contributed by atoms with Gasteiger partial charge in [0.2, 0.25) is 0 Å². The van der Waals surface area contributed by atoms with Gasteiger partial charge in [-0.15, -0.1) is 0 Å². The molecule has 0 bridgehead atoms. The molecule has 106 valence electrons. The molecule has 0 saturated heterocycles. The average molecular weight is 260 g/mol. The quantitative estimate of drug-likeness (QED) is 0.684. The maximum absolute atomic E-state index is 3.77. The minimum Gasteiger partial charge on any atom is -0.310 e. The summed E-state index contributed by atoms with van der Waals surface area (Å²) in [5.41, 5.74) is 1.47. The van der Waals surface area contributed by atoms with Crippen LogP contribution in [-0.4, -0.2) is 31.1 Å². The molecule has 2 heteroatoms. The Morgan fingerprint density at radius 3 is 2.42 bits per heavy atom. The van der Waals surface area contributed by atoms with Crippen LogP contribution in [0.1, 0.15) is 44.7 Å². The summed E-state index contributed by atoms with van der Waals surface area (Å²) in [6.07, 6.45) is 4.03. The minimum absolute atomic E-state index is 0.581. The smallest absolute Gasteiger partial charge is 0.0348 e. The van der Waals surface area contributed by atoms with Crippen LogP contribution < -0.4 is 5.32 Å². The van der Waals surface area contributed by atoms with Gasteiger partial charge in [0.25, 0.3) is 0 Å². The molecular formula is C17H28N2. The van der Waals surface area contributed by atoms with Crippen LogP contribution in [0, 0.1) is 5.92 Å². The van der Waals surface area contributed by atoms with Crippen molar-refractivity contribution in [1.82, 2.24) is 10.2 Å². The second-order valence-electron chi connectivity index (χ2n) is 5.56. The van der Waals surface area contributed by atoms with Gasteiger partial charge in [-0.1, -0.05) is 44.2 Å². The molecule has 1 fully saturated rings. The first-order valence-corrected chi connectivity index (χ1v) is 7.85. The zero-order valence-corrected chi connectivity index (χ0v) is 12.4. The predicted molar refractivity (Wildman–Crippen MR) is 82.3 cm³/mol. The first-order valence-electron chi connectivity index (χ1n) is 7.85. The highest BCUT2D eigenvalue weighted by Crippen LogP contribution is 2.40. The van der Waals surface area contributed by atoms with E-state index >= 15 is 0 Å². The fourth-order valence-corrected chi connectivity index (χ4v) is 2.75. The Kier molecular flexibility index (Phi) is 5.87. The summed E-state index contributed by atoms with van der Waals surface area (Å²) in [6, 6.07) is 11.5. The second-order valence-corrected chi connectivity index (χ2v) is 5.56. The highest BCUT2D eigenvalue weighted by atomic mass is 15.1. The monoisotopic (exact) mass is 260 g/mol. The molecule has 1 aromatic carbocycles. The number of hydrogen-bond donors (Lipinski definition) is 1. The van der Waals surface area contributed by atoms with Gasteiger partial charge in [0, 0.05) is 6.04 Å². The Morgan fingerprint density at radius 1 is 1.16 bits per heavy atom. The molecular weight excluding hydrogens is 232 g/mol. The molecule has 0 aromatic heterocycles. The molecule has 0 radical (unpaired) electrons. The third-order valence-electron chi connectivity index (χ3n) is 4.16. The molecule has 1 aromatic rings. The van der Waals surface area contributed by atoms with Gasteiger partial charge in [-0.2, -0.15) is 0 Å². The van der Waals surface area contributed by atoms with Gasteiger partial charge >= 0.3 is 0 Å². The second kappa shape index (κ2) is 7.66. The summed E-state index contributed by atoms with van der Waals surface area (Å²) < 4.78 is 0. The maximum atomic E-state index is 3.77. The molecule has 19 heavy (non-hydrogen) atoms. The van der Waals surface area contributed by atoms with Crippen LogP contribution in [0.4, 0.5) is 0 Å². The Hall–Kier alpha value is -0.860. The number of rotatable bonds is 9. The molecule has 1 N–H and O–H groups in total. The van der Waals surface area contributed by atoms with Crippen LogP contribution in [0.25, 0.3) is 0 Å². The van der Waals surface area contributed by atoms with Gasteiger partial charge in [0.1, 0.15) is 0 Å². The summed E-state index contributed by atoms with van der Waals surface area (Å²) in [5.74, 6) is 0.871. The van der Waals surface area contributed by atoms with Gasteiger partial charge in [-0.05, 0) is 56.9 Å². The first-order chi connectivity index (χ1) is 9.35. The normalized spacial score (nSPS) is 16.8. The van der Waals surface area contributed by atoms with E-state index in [-0.39, 0.29) is 0 Å². The van der Waals surface area contributed by atoms with Crippen molar-refractivity contribution in [2.45, 2.75) is 39.2 Å². The van der Waals surface area contributed by atoms with Crippen molar-refractivity contribution in [3.63, 3.8) is 0 Å². The van der Waals surface area contributed by atoms with Gasteiger partial charge < -0.3 is 10.2 Å². The van der Waals surface area contributed by atoms with E-state index in [2.05, 4.69) is 54.4 Å². The van der Waals surface area contributed by atoms with Crippen LogP contribution in [0.3, 0.4) is 0 Å². The van der Waals surface area contributed by atoms with Crippen LogP contribution in [0.15, 0.2) is 30.3 Å². The topological polar surface area (TPSA) is 15.3 Å². The van der Waals surface area contributed by atoms with E-state index in [0.717, 1.165) is 12.5 Å². The van der Waals surface area contributed by atoms with Crippen molar-refractivity contribution in [1.29, 1.82) is 0 Å². The Balaban J connectivity index is 1.76.